The predicted octanol–water partition coefficient (Wildman–Crippen LogP) is 2.39. The first-order chi connectivity index (χ1) is 10.3. The van der Waals surface area contributed by atoms with Crippen molar-refractivity contribution in [3.8, 4) is 0 Å². The minimum Gasteiger partial charge on any atom is -0.326 e. The number of hydrogen-bond donors (Lipinski definition) is 2. The molecule has 0 heterocycles. The maximum absolute atomic E-state index is 11.8. The number of ketones is 1. The van der Waals surface area contributed by atoms with Gasteiger partial charge in [0.1, 0.15) is 10.7 Å². The first-order valence-corrected chi connectivity index (χ1v) is 8.01. The third-order valence-corrected chi connectivity index (χ3v) is 4.05. The van der Waals surface area contributed by atoms with Crippen LogP contribution in [-0.2, 0) is 19.7 Å². The minimum absolute atomic E-state index is 0.0592. The van der Waals surface area contributed by atoms with Gasteiger partial charge in [-0.25, -0.2) is 0 Å². The molecule has 0 unspecified atom stereocenters. The molecule has 0 saturated heterocycles. The van der Waals surface area contributed by atoms with Gasteiger partial charge in [0.25, 0.3) is 10.1 Å². The Labute approximate surface area is 127 Å². The van der Waals surface area contributed by atoms with Crippen molar-refractivity contribution in [1.82, 2.24) is 0 Å². The van der Waals surface area contributed by atoms with E-state index in [4.69, 9.17) is 0 Å². The van der Waals surface area contributed by atoms with Gasteiger partial charge >= 0.3 is 0 Å². The van der Waals surface area contributed by atoms with Crippen LogP contribution in [0.15, 0.2) is 41.3 Å². The van der Waals surface area contributed by atoms with Gasteiger partial charge in [0, 0.05) is 29.3 Å². The zero-order chi connectivity index (χ0) is 16.3. The molecule has 2 aromatic carbocycles. The van der Waals surface area contributed by atoms with Crippen LogP contribution >= 0.6 is 0 Å². The largest absolute Gasteiger partial charge is 0.326 e. The Morgan fingerprint density at radius 2 is 1.68 bits per heavy atom. The van der Waals surface area contributed by atoms with Gasteiger partial charge in [-0.05, 0) is 19.1 Å². The van der Waals surface area contributed by atoms with Crippen molar-refractivity contribution in [3.63, 3.8) is 0 Å². The fourth-order valence-corrected chi connectivity index (χ4v) is 2.82. The number of carbonyl (C=O) groups excluding carboxylic acids is 2. The van der Waals surface area contributed by atoms with E-state index in [1.807, 2.05) is 0 Å². The topological polar surface area (TPSA) is 101 Å². The van der Waals surface area contributed by atoms with Crippen molar-refractivity contribution in [2.24, 2.45) is 0 Å². The fourth-order valence-electron chi connectivity index (χ4n) is 2.12. The van der Waals surface area contributed by atoms with Crippen LogP contribution in [0, 0.1) is 0 Å². The van der Waals surface area contributed by atoms with E-state index in [2.05, 4.69) is 5.32 Å². The summed E-state index contributed by atoms with van der Waals surface area (Å²) in [6, 6.07) is 9.17. The average molecular weight is 321 g/mol. The summed E-state index contributed by atoms with van der Waals surface area (Å²) in [5.41, 5.74) is 0.427. The molecule has 2 rings (SSSR count). The van der Waals surface area contributed by atoms with E-state index in [0.717, 1.165) is 0 Å². The van der Waals surface area contributed by atoms with Crippen molar-refractivity contribution < 1.29 is 22.6 Å². The second-order valence-electron chi connectivity index (χ2n) is 4.88. The fraction of sp³-hybridized carbons (Fsp3) is 0.200. The van der Waals surface area contributed by atoms with E-state index in [-0.39, 0.29) is 29.4 Å². The Bertz CT molecular complexity index is 842. The molecular weight excluding hydrogens is 306 g/mol. The molecule has 6 nitrogen and oxygen atoms in total. The molecule has 0 spiro atoms. The van der Waals surface area contributed by atoms with E-state index < -0.39 is 10.1 Å². The predicted molar refractivity (Wildman–Crippen MR) is 82.3 cm³/mol. The number of carbonyl (C=O) groups is 2. The summed E-state index contributed by atoms with van der Waals surface area (Å²) < 4.78 is 32.0. The van der Waals surface area contributed by atoms with Crippen molar-refractivity contribution >= 4 is 38.3 Å². The smallest absolute Gasteiger partial charge is 0.295 e. The number of fused-ring (bicyclic) bond motifs is 1. The Kier molecular flexibility index (Phi) is 4.58. The van der Waals surface area contributed by atoms with Crippen molar-refractivity contribution in [3.05, 3.63) is 36.4 Å². The molecule has 0 bridgehead atoms. The highest BCUT2D eigenvalue weighted by Crippen LogP contribution is 2.28. The number of amides is 1. The van der Waals surface area contributed by atoms with Crippen LogP contribution in [0.4, 0.5) is 5.69 Å². The molecule has 2 aromatic rings. The Morgan fingerprint density at radius 3 is 2.32 bits per heavy atom. The molecular formula is C15H15NO5S. The molecule has 7 heteroatoms. The van der Waals surface area contributed by atoms with Crippen LogP contribution in [0.5, 0.6) is 0 Å². The molecule has 1 amide bonds. The number of hydrogen-bond acceptors (Lipinski definition) is 4. The highest BCUT2D eigenvalue weighted by atomic mass is 32.2. The van der Waals surface area contributed by atoms with E-state index in [1.54, 1.807) is 24.3 Å². The van der Waals surface area contributed by atoms with Crippen LogP contribution in [0.1, 0.15) is 19.8 Å². The maximum atomic E-state index is 11.8. The zero-order valence-corrected chi connectivity index (χ0v) is 12.7. The lowest BCUT2D eigenvalue weighted by Crippen LogP contribution is -2.13. The van der Waals surface area contributed by atoms with Crippen LogP contribution in [-0.4, -0.2) is 24.7 Å². The number of anilines is 1. The molecule has 0 radical (unpaired) electrons. The lowest BCUT2D eigenvalue weighted by atomic mass is 10.1. The van der Waals surface area contributed by atoms with E-state index in [9.17, 15) is 22.6 Å². The first-order valence-electron chi connectivity index (χ1n) is 6.57. The summed E-state index contributed by atoms with van der Waals surface area (Å²) in [6.07, 6.45) is 0.205. The number of rotatable bonds is 5. The third-order valence-electron chi connectivity index (χ3n) is 3.14. The number of Topliss-reactive ketones (excluding diaryl/α,β-unsaturated/α-hetero) is 1. The summed E-state index contributed by atoms with van der Waals surface area (Å²) in [5, 5.41) is 3.46. The quantitative estimate of drug-likeness (QED) is 0.824. The summed E-state index contributed by atoms with van der Waals surface area (Å²) in [4.78, 5) is 22.5. The third kappa shape index (κ3) is 3.69. The minimum atomic E-state index is -4.35. The molecule has 116 valence electrons. The monoisotopic (exact) mass is 321 g/mol. The number of nitrogens with one attached hydrogen (secondary N) is 1. The van der Waals surface area contributed by atoms with Gasteiger partial charge in [-0.3, -0.25) is 9.35 Å². The van der Waals surface area contributed by atoms with Gasteiger partial charge in [0.05, 0.1) is 0 Å². The van der Waals surface area contributed by atoms with Crippen molar-refractivity contribution in [2.45, 2.75) is 24.7 Å². The second-order valence-corrected chi connectivity index (χ2v) is 6.27. The summed E-state index contributed by atoms with van der Waals surface area (Å²) in [5.74, 6) is -0.415. The normalized spacial score (nSPS) is 11.4. The molecule has 0 aromatic heterocycles. The Hall–Kier alpha value is -2.25. The molecule has 0 aliphatic carbocycles. The first kappa shape index (κ1) is 16.1. The summed E-state index contributed by atoms with van der Waals surface area (Å²) in [6.45, 7) is 1.41. The van der Waals surface area contributed by atoms with Crippen LogP contribution in [0.2, 0.25) is 0 Å². The van der Waals surface area contributed by atoms with E-state index in [0.29, 0.717) is 16.5 Å². The van der Waals surface area contributed by atoms with Crippen LogP contribution in [0.3, 0.4) is 0 Å². The molecule has 0 aliphatic heterocycles. The molecule has 0 saturated carbocycles. The van der Waals surface area contributed by atoms with Gasteiger partial charge in [0.2, 0.25) is 5.91 Å². The zero-order valence-electron chi connectivity index (χ0n) is 11.9. The molecule has 0 fully saturated rings. The Morgan fingerprint density at radius 1 is 1.05 bits per heavy atom. The molecule has 2 N–H and O–H groups in total. The molecule has 0 aliphatic rings. The maximum Gasteiger partial charge on any atom is 0.295 e. The lowest BCUT2D eigenvalue weighted by Gasteiger charge is -2.10. The van der Waals surface area contributed by atoms with Gasteiger partial charge < -0.3 is 10.1 Å². The highest BCUT2D eigenvalue weighted by Gasteiger charge is 2.15. The van der Waals surface area contributed by atoms with Gasteiger partial charge in [0.15, 0.2) is 0 Å². The molecule has 0 atom stereocenters. The van der Waals surface area contributed by atoms with Gasteiger partial charge in [-0.15, -0.1) is 0 Å². The number of benzene rings is 2. The highest BCUT2D eigenvalue weighted by molar-refractivity contribution is 7.86. The summed E-state index contributed by atoms with van der Waals surface area (Å²) in [7, 11) is -4.35. The van der Waals surface area contributed by atoms with E-state index in [1.165, 1.54) is 19.1 Å². The van der Waals surface area contributed by atoms with Gasteiger partial charge in [-0.2, -0.15) is 8.42 Å². The van der Waals surface area contributed by atoms with Crippen molar-refractivity contribution in [2.75, 3.05) is 5.32 Å². The summed E-state index contributed by atoms with van der Waals surface area (Å²) >= 11 is 0. The SMILES string of the molecule is CC(=O)CCC(=O)Nc1cccc2c(S(=O)(=O)O)cccc12. The average Bonchev–Trinajstić information content (AvgIpc) is 2.44. The molecule has 22 heavy (non-hydrogen) atoms. The van der Waals surface area contributed by atoms with Crippen molar-refractivity contribution in [1.29, 1.82) is 0 Å². The van der Waals surface area contributed by atoms with Gasteiger partial charge in [-0.1, -0.05) is 24.3 Å². The standard InChI is InChI=1S/C15H15NO5S/c1-10(17)8-9-15(18)16-13-6-2-5-12-11(13)4-3-7-14(12)22(19,20)21/h2-7H,8-9H2,1H3,(H,16,18)(H,19,20,21). The van der Waals surface area contributed by atoms with E-state index >= 15 is 0 Å². The van der Waals surface area contributed by atoms with Crippen LogP contribution in [0.25, 0.3) is 10.8 Å². The Balaban J connectivity index is 2.40. The van der Waals surface area contributed by atoms with Crippen LogP contribution < -0.4 is 5.32 Å². The lowest BCUT2D eigenvalue weighted by molar-refractivity contribution is -0.121. The second kappa shape index (κ2) is 6.25.